The van der Waals surface area contributed by atoms with E-state index in [-0.39, 0.29) is 19.0 Å². The third-order valence-corrected chi connectivity index (χ3v) is 2.43. The largest absolute Gasteiger partial charge is 0.462 e. The fourth-order valence-electron chi connectivity index (χ4n) is 1.37. The van der Waals surface area contributed by atoms with Crippen molar-refractivity contribution in [1.82, 2.24) is 0 Å². The average molecular weight is 241 g/mol. The Hall–Kier alpha value is -1.55. The van der Waals surface area contributed by atoms with Crippen molar-refractivity contribution in [2.75, 3.05) is 6.61 Å². The smallest absolute Gasteiger partial charge is 0.338 e. The van der Waals surface area contributed by atoms with Gasteiger partial charge in [-0.15, -0.1) is 0 Å². The minimum absolute atomic E-state index is 0.124. The van der Waals surface area contributed by atoms with Crippen LogP contribution in [0.15, 0.2) is 24.3 Å². The lowest BCUT2D eigenvalue weighted by atomic mass is 10.2. The maximum atomic E-state index is 11.6. The number of hydrogen-bond donors (Lipinski definition) is 0. The standard InChI is InChI=1S/C11H9ClO4/c12-8-3-1-7(2-4-8)11(14)16-9-5-10(13)15-6-9/h1-4,9H,5-6H2/t9-/m0/s1. The molecule has 0 bridgehead atoms. The van der Waals surface area contributed by atoms with Gasteiger partial charge in [-0.2, -0.15) is 0 Å². The van der Waals surface area contributed by atoms with E-state index in [9.17, 15) is 9.59 Å². The summed E-state index contributed by atoms with van der Waals surface area (Å²) in [6, 6.07) is 6.35. The van der Waals surface area contributed by atoms with Gasteiger partial charge in [0.05, 0.1) is 12.0 Å². The van der Waals surface area contributed by atoms with E-state index in [4.69, 9.17) is 16.3 Å². The highest BCUT2D eigenvalue weighted by Crippen LogP contribution is 2.14. The van der Waals surface area contributed by atoms with Gasteiger partial charge in [0.15, 0.2) is 0 Å². The van der Waals surface area contributed by atoms with Crippen molar-refractivity contribution >= 4 is 23.5 Å². The second-order valence-electron chi connectivity index (χ2n) is 3.42. The predicted octanol–water partition coefficient (Wildman–Crippen LogP) is 1.81. The van der Waals surface area contributed by atoms with Crippen LogP contribution in [-0.4, -0.2) is 24.6 Å². The topological polar surface area (TPSA) is 52.6 Å². The summed E-state index contributed by atoms with van der Waals surface area (Å²) in [7, 11) is 0. The van der Waals surface area contributed by atoms with Crippen molar-refractivity contribution in [3.8, 4) is 0 Å². The molecule has 16 heavy (non-hydrogen) atoms. The van der Waals surface area contributed by atoms with Crippen molar-refractivity contribution in [1.29, 1.82) is 0 Å². The zero-order valence-electron chi connectivity index (χ0n) is 8.31. The van der Waals surface area contributed by atoms with Crippen molar-refractivity contribution in [3.63, 3.8) is 0 Å². The molecule has 1 saturated heterocycles. The van der Waals surface area contributed by atoms with Crippen LogP contribution in [0.25, 0.3) is 0 Å². The van der Waals surface area contributed by atoms with E-state index in [1.165, 1.54) is 0 Å². The third kappa shape index (κ3) is 2.52. The molecule has 0 aromatic heterocycles. The molecule has 0 spiro atoms. The van der Waals surface area contributed by atoms with Gasteiger partial charge in [-0.1, -0.05) is 11.6 Å². The van der Waals surface area contributed by atoms with Crippen LogP contribution in [0.4, 0.5) is 0 Å². The van der Waals surface area contributed by atoms with Crippen LogP contribution in [0.3, 0.4) is 0 Å². The first kappa shape index (κ1) is 11.0. The molecule has 0 saturated carbocycles. The van der Waals surface area contributed by atoms with Crippen molar-refractivity contribution < 1.29 is 19.1 Å². The third-order valence-electron chi connectivity index (χ3n) is 2.18. The van der Waals surface area contributed by atoms with Crippen LogP contribution < -0.4 is 0 Å². The van der Waals surface area contributed by atoms with E-state index in [2.05, 4.69) is 4.74 Å². The zero-order valence-corrected chi connectivity index (χ0v) is 9.07. The Kier molecular flexibility index (Phi) is 3.10. The van der Waals surface area contributed by atoms with Gasteiger partial charge < -0.3 is 9.47 Å². The van der Waals surface area contributed by atoms with E-state index in [1.54, 1.807) is 24.3 Å². The molecule has 5 heteroatoms. The number of esters is 2. The maximum absolute atomic E-state index is 11.6. The number of rotatable bonds is 2. The molecule has 1 heterocycles. The Morgan fingerprint density at radius 3 is 2.62 bits per heavy atom. The predicted molar refractivity (Wildman–Crippen MR) is 56.2 cm³/mol. The van der Waals surface area contributed by atoms with E-state index in [1.807, 2.05) is 0 Å². The Balaban J connectivity index is 1.98. The average Bonchev–Trinajstić information content (AvgIpc) is 2.65. The number of ether oxygens (including phenoxy) is 2. The molecule has 0 amide bonds. The molecule has 0 unspecified atom stereocenters. The SMILES string of the molecule is O=C1C[C@H](OC(=O)c2ccc(Cl)cc2)CO1. The summed E-state index contributed by atoms with van der Waals surface area (Å²) >= 11 is 5.69. The summed E-state index contributed by atoms with van der Waals surface area (Å²) in [6.45, 7) is 0.137. The molecule has 1 aromatic rings. The molecule has 1 aliphatic rings. The van der Waals surface area contributed by atoms with Gasteiger partial charge in [-0.05, 0) is 24.3 Å². The lowest BCUT2D eigenvalue weighted by molar-refractivity contribution is -0.137. The summed E-state index contributed by atoms with van der Waals surface area (Å²) in [5.41, 5.74) is 0.406. The lowest BCUT2D eigenvalue weighted by Crippen LogP contribution is -2.18. The number of cyclic esters (lactones) is 1. The fraction of sp³-hybridized carbons (Fsp3) is 0.273. The molecular formula is C11H9ClO4. The van der Waals surface area contributed by atoms with Crippen molar-refractivity contribution in [2.24, 2.45) is 0 Å². The minimum Gasteiger partial charge on any atom is -0.462 e. The van der Waals surface area contributed by atoms with E-state index in [0.717, 1.165) is 0 Å². The number of hydrogen-bond acceptors (Lipinski definition) is 4. The Labute approximate surface area is 97.1 Å². The van der Waals surface area contributed by atoms with Crippen LogP contribution in [0.1, 0.15) is 16.8 Å². The number of benzene rings is 1. The monoisotopic (exact) mass is 240 g/mol. The molecule has 1 aliphatic heterocycles. The van der Waals surface area contributed by atoms with Crippen LogP contribution in [-0.2, 0) is 14.3 Å². The number of carbonyl (C=O) groups excluding carboxylic acids is 2. The Morgan fingerprint density at radius 2 is 2.06 bits per heavy atom. The molecule has 1 atom stereocenters. The molecule has 0 aliphatic carbocycles. The van der Waals surface area contributed by atoms with E-state index >= 15 is 0 Å². The van der Waals surface area contributed by atoms with Gasteiger partial charge in [0.1, 0.15) is 12.7 Å². The fourth-order valence-corrected chi connectivity index (χ4v) is 1.50. The van der Waals surface area contributed by atoms with Crippen molar-refractivity contribution in [2.45, 2.75) is 12.5 Å². The summed E-state index contributed by atoms with van der Waals surface area (Å²) in [5, 5.41) is 0.552. The van der Waals surface area contributed by atoms with Crippen LogP contribution in [0, 0.1) is 0 Å². The normalized spacial score (nSPS) is 19.3. The van der Waals surface area contributed by atoms with Gasteiger partial charge in [-0.3, -0.25) is 4.79 Å². The minimum atomic E-state index is -0.476. The van der Waals surface area contributed by atoms with Gasteiger partial charge in [0.25, 0.3) is 0 Å². The summed E-state index contributed by atoms with van der Waals surface area (Å²) in [4.78, 5) is 22.4. The molecule has 84 valence electrons. The second kappa shape index (κ2) is 4.53. The van der Waals surface area contributed by atoms with Crippen molar-refractivity contribution in [3.05, 3.63) is 34.9 Å². The van der Waals surface area contributed by atoms with Gasteiger partial charge >= 0.3 is 11.9 Å². The van der Waals surface area contributed by atoms with E-state index < -0.39 is 12.1 Å². The maximum Gasteiger partial charge on any atom is 0.338 e. The van der Waals surface area contributed by atoms with Crippen LogP contribution in [0.5, 0.6) is 0 Å². The molecule has 4 nitrogen and oxygen atoms in total. The molecule has 0 N–H and O–H groups in total. The molecule has 2 rings (SSSR count). The quantitative estimate of drug-likeness (QED) is 0.740. The van der Waals surface area contributed by atoms with E-state index in [0.29, 0.717) is 10.6 Å². The lowest BCUT2D eigenvalue weighted by Gasteiger charge is -2.08. The van der Waals surface area contributed by atoms with Crippen LogP contribution >= 0.6 is 11.6 Å². The zero-order chi connectivity index (χ0) is 11.5. The summed E-state index contributed by atoms with van der Waals surface area (Å²) < 4.78 is 9.76. The molecule has 1 aromatic carbocycles. The molecule has 1 fully saturated rings. The molecular weight excluding hydrogens is 232 g/mol. The highest BCUT2D eigenvalue weighted by atomic mass is 35.5. The summed E-state index contributed by atoms with van der Waals surface area (Å²) in [6.07, 6.45) is -0.352. The highest BCUT2D eigenvalue weighted by molar-refractivity contribution is 6.30. The Bertz CT molecular complexity index is 412. The van der Waals surface area contributed by atoms with Gasteiger partial charge in [-0.25, -0.2) is 4.79 Å². The molecule has 0 radical (unpaired) electrons. The Morgan fingerprint density at radius 1 is 1.38 bits per heavy atom. The van der Waals surface area contributed by atoms with Crippen LogP contribution in [0.2, 0.25) is 5.02 Å². The number of halogens is 1. The highest BCUT2D eigenvalue weighted by Gasteiger charge is 2.27. The first-order chi connectivity index (χ1) is 7.65. The van der Waals surface area contributed by atoms with Gasteiger partial charge in [0.2, 0.25) is 0 Å². The van der Waals surface area contributed by atoms with Gasteiger partial charge in [0, 0.05) is 5.02 Å². The second-order valence-corrected chi connectivity index (χ2v) is 3.86. The first-order valence-electron chi connectivity index (χ1n) is 4.77. The first-order valence-corrected chi connectivity index (χ1v) is 5.15. The summed E-state index contributed by atoms with van der Waals surface area (Å²) in [5.74, 6) is -0.811. The number of carbonyl (C=O) groups is 2.